The molecule has 0 aliphatic carbocycles. The minimum Gasteiger partial charge on any atom is -0.395 e. The third-order valence-corrected chi connectivity index (χ3v) is 7.23. The normalized spacial score (nSPS) is 17.7. The van der Waals surface area contributed by atoms with Crippen LogP contribution in [0.15, 0.2) is 35.5 Å². The van der Waals surface area contributed by atoms with E-state index in [1.807, 2.05) is 0 Å². The topological polar surface area (TPSA) is 123 Å². The van der Waals surface area contributed by atoms with E-state index in [0.717, 1.165) is 0 Å². The largest absolute Gasteiger partial charge is 0.395 e. The molecule has 164 valence electrons. The molecule has 1 aromatic carbocycles. The zero-order valence-corrected chi connectivity index (χ0v) is 17.9. The Kier molecular flexibility index (Phi) is 7.61. The average Bonchev–Trinajstić information content (AvgIpc) is 3.17. The highest BCUT2D eigenvalue weighted by atomic mass is 35.5. The third kappa shape index (κ3) is 5.08. The summed E-state index contributed by atoms with van der Waals surface area (Å²) in [6, 6.07) is 4.62. The molecular formula is C19H25ClN4O5S. The van der Waals surface area contributed by atoms with Gasteiger partial charge in [0.2, 0.25) is 15.9 Å². The summed E-state index contributed by atoms with van der Waals surface area (Å²) in [7, 11) is -3.80. The number of nitrogens with zero attached hydrogens (tertiary/aromatic N) is 3. The van der Waals surface area contributed by atoms with Crippen molar-refractivity contribution in [3.63, 3.8) is 0 Å². The quantitative estimate of drug-likeness (QED) is 0.487. The van der Waals surface area contributed by atoms with Gasteiger partial charge in [-0.15, -0.1) is 0 Å². The molecule has 0 radical (unpaired) electrons. The minimum absolute atomic E-state index is 0.0241. The van der Waals surface area contributed by atoms with Crippen molar-refractivity contribution in [2.75, 3.05) is 45.9 Å². The first kappa shape index (κ1) is 22.9. The summed E-state index contributed by atoms with van der Waals surface area (Å²) in [5.41, 5.74) is 0. The predicted molar refractivity (Wildman–Crippen MR) is 113 cm³/mol. The van der Waals surface area contributed by atoms with Crippen molar-refractivity contribution in [3.05, 3.63) is 35.6 Å². The zero-order valence-electron chi connectivity index (χ0n) is 16.4. The first-order chi connectivity index (χ1) is 14.4. The number of aliphatic hydroxyl groups is 2. The molecule has 2 aromatic rings. The van der Waals surface area contributed by atoms with Crippen molar-refractivity contribution in [2.24, 2.45) is 0 Å². The van der Waals surface area contributed by atoms with Gasteiger partial charge in [0.25, 0.3) is 0 Å². The average molecular weight is 457 g/mol. The highest BCUT2D eigenvalue weighted by molar-refractivity contribution is 7.89. The second-order valence-electron chi connectivity index (χ2n) is 7.12. The van der Waals surface area contributed by atoms with Gasteiger partial charge in [0, 0.05) is 55.4 Å². The molecule has 1 aliphatic heterocycles. The van der Waals surface area contributed by atoms with Gasteiger partial charge < -0.3 is 15.5 Å². The fraction of sp³-hybridized carbons (Fsp3) is 0.474. The van der Waals surface area contributed by atoms with Gasteiger partial charge in [0.1, 0.15) is 0 Å². The molecule has 0 saturated carbocycles. The highest BCUT2D eigenvalue weighted by Gasteiger charge is 2.34. The number of aliphatic hydroxyl groups excluding tert-OH is 2. The van der Waals surface area contributed by atoms with Crippen LogP contribution < -0.4 is 5.32 Å². The zero-order chi connectivity index (χ0) is 21.7. The van der Waals surface area contributed by atoms with Crippen molar-refractivity contribution in [1.82, 2.24) is 19.5 Å². The molecule has 2 heterocycles. The van der Waals surface area contributed by atoms with Crippen LogP contribution in [0.1, 0.15) is 6.42 Å². The number of aromatic nitrogens is 1. The molecule has 1 aromatic heterocycles. The second kappa shape index (κ2) is 9.99. The van der Waals surface area contributed by atoms with Crippen LogP contribution in [0, 0.1) is 0 Å². The number of hydrogen-bond acceptors (Lipinski definition) is 7. The molecule has 1 fully saturated rings. The van der Waals surface area contributed by atoms with Crippen LogP contribution in [0.2, 0.25) is 5.02 Å². The fourth-order valence-corrected chi connectivity index (χ4v) is 5.67. The van der Waals surface area contributed by atoms with E-state index in [0.29, 0.717) is 17.2 Å². The second-order valence-corrected chi connectivity index (χ2v) is 9.43. The van der Waals surface area contributed by atoms with Crippen molar-refractivity contribution in [2.45, 2.75) is 17.4 Å². The van der Waals surface area contributed by atoms with Crippen LogP contribution in [0.4, 0.5) is 0 Å². The number of carbonyl (C=O) groups excluding carboxylic acids is 1. The van der Waals surface area contributed by atoms with E-state index in [2.05, 4.69) is 10.3 Å². The Bertz CT molecular complexity index is 992. The van der Waals surface area contributed by atoms with E-state index in [4.69, 9.17) is 21.8 Å². The van der Waals surface area contributed by atoms with Crippen molar-refractivity contribution >= 4 is 38.3 Å². The Hall–Kier alpha value is -1.82. The van der Waals surface area contributed by atoms with E-state index in [1.54, 1.807) is 23.2 Å². The number of fused-ring (bicyclic) bond motifs is 1. The molecule has 1 amide bonds. The van der Waals surface area contributed by atoms with Gasteiger partial charge in [-0.2, -0.15) is 4.31 Å². The van der Waals surface area contributed by atoms with Gasteiger partial charge in [0.05, 0.1) is 29.7 Å². The molecule has 9 nitrogen and oxygen atoms in total. The maximum Gasteiger partial charge on any atom is 0.243 e. The smallest absolute Gasteiger partial charge is 0.243 e. The van der Waals surface area contributed by atoms with Gasteiger partial charge in [-0.1, -0.05) is 23.7 Å². The lowest BCUT2D eigenvalue weighted by Crippen LogP contribution is -2.45. The number of pyridine rings is 1. The number of sulfonamides is 1. The fourth-order valence-electron chi connectivity index (χ4n) is 3.61. The predicted octanol–water partition coefficient (Wildman–Crippen LogP) is 0.0540. The summed E-state index contributed by atoms with van der Waals surface area (Å²) in [4.78, 5) is 18.1. The summed E-state index contributed by atoms with van der Waals surface area (Å²) in [5.74, 6) is -0.277. The standard InChI is InChI=1S/C19H25ClN4O5S/c20-16-11-21-10-14-2-1-3-17(19(14)16)30(28,29)24-5-4-15(12-24)22-18(27)13-23(6-8-25)7-9-26/h1-3,10-11,15,25-26H,4-9,12-13H2,(H,22,27)/t15-/m0/s1. The Morgan fingerprint density at radius 3 is 2.70 bits per heavy atom. The van der Waals surface area contributed by atoms with Crippen molar-refractivity contribution in [1.29, 1.82) is 0 Å². The molecule has 1 aliphatic rings. The van der Waals surface area contributed by atoms with E-state index in [1.165, 1.54) is 16.6 Å². The molecule has 1 saturated heterocycles. The monoisotopic (exact) mass is 456 g/mol. The first-order valence-corrected chi connectivity index (χ1v) is 11.4. The highest BCUT2D eigenvalue weighted by Crippen LogP contribution is 2.32. The van der Waals surface area contributed by atoms with Crippen LogP contribution in [0.25, 0.3) is 10.8 Å². The Morgan fingerprint density at radius 2 is 2.00 bits per heavy atom. The SMILES string of the molecule is O=C(CN(CCO)CCO)N[C@H]1CCN(S(=O)(=O)c2cccc3cncc(Cl)c23)C1. The van der Waals surface area contributed by atoms with Gasteiger partial charge in [0.15, 0.2) is 0 Å². The summed E-state index contributed by atoms with van der Waals surface area (Å²) in [6.45, 7) is 0.774. The third-order valence-electron chi connectivity index (χ3n) is 5.03. The number of hydrogen-bond donors (Lipinski definition) is 3. The number of amides is 1. The van der Waals surface area contributed by atoms with Gasteiger partial charge in [-0.25, -0.2) is 8.42 Å². The molecule has 0 spiro atoms. The summed E-state index contributed by atoms with van der Waals surface area (Å²) >= 11 is 6.23. The number of rotatable bonds is 9. The molecule has 11 heteroatoms. The molecular weight excluding hydrogens is 432 g/mol. The van der Waals surface area contributed by atoms with E-state index < -0.39 is 10.0 Å². The molecule has 0 unspecified atom stereocenters. The molecule has 3 N–H and O–H groups in total. The molecule has 3 rings (SSSR count). The Labute approximate surface area is 180 Å². The lowest BCUT2D eigenvalue weighted by atomic mass is 10.2. The summed E-state index contributed by atoms with van der Waals surface area (Å²) < 4.78 is 27.9. The number of benzene rings is 1. The number of halogens is 1. The summed E-state index contributed by atoms with van der Waals surface area (Å²) in [6.07, 6.45) is 3.48. The van der Waals surface area contributed by atoms with Crippen LogP contribution in [-0.4, -0.2) is 90.7 Å². The van der Waals surface area contributed by atoms with Crippen LogP contribution in [0.3, 0.4) is 0 Å². The van der Waals surface area contributed by atoms with Crippen LogP contribution >= 0.6 is 11.6 Å². The van der Waals surface area contributed by atoms with Gasteiger partial charge >= 0.3 is 0 Å². The van der Waals surface area contributed by atoms with Gasteiger partial charge in [-0.05, 0) is 12.5 Å². The van der Waals surface area contributed by atoms with Crippen LogP contribution in [-0.2, 0) is 14.8 Å². The minimum atomic E-state index is -3.80. The Morgan fingerprint density at radius 1 is 1.27 bits per heavy atom. The first-order valence-electron chi connectivity index (χ1n) is 9.62. The van der Waals surface area contributed by atoms with Gasteiger partial charge in [-0.3, -0.25) is 14.7 Å². The molecule has 1 atom stereocenters. The molecule has 0 bridgehead atoms. The maximum absolute atomic E-state index is 13.3. The Balaban J connectivity index is 1.70. The van der Waals surface area contributed by atoms with E-state index >= 15 is 0 Å². The van der Waals surface area contributed by atoms with Crippen molar-refractivity contribution < 1.29 is 23.4 Å². The lowest BCUT2D eigenvalue weighted by Gasteiger charge is -2.21. The van der Waals surface area contributed by atoms with E-state index in [-0.39, 0.29) is 67.8 Å². The summed E-state index contributed by atoms with van der Waals surface area (Å²) in [5, 5.41) is 22.3. The van der Waals surface area contributed by atoms with Crippen molar-refractivity contribution in [3.8, 4) is 0 Å². The molecule has 30 heavy (non-hydrogen) atoms. The number of carbonyl (C=O) groups is 1. The lowest BCUT2D eigenvalue weighted by molar-refractivity contribution is -0.123. The van der Waals surface area contributed by atoms with Crippen LogP contribution in [0.5, 0.6) is 0 Å². The maximum atomic E-state index is 13.3. The number of nitrogens with one attached hydrogen (secondary N) is 1. The van der Waals surface area contributed by atoms with E-state index in [9.17, 15) is 13.2 Å².